The predicted octanol–water partition coefficient (Wildman–Crippen LogP) is 3.81. The Morgan fingerprint density at radius 2 is 1.93 bits per heavy atom. The zero-order valence-corrected chi connectivity index (χ0v) is 16.2. The lowest BCUT2D eigenvalue weighted by atomic mass is 10.1. The van der Waals surface area contributed by atoms with Gasteiger partial charge in [0.15, 0.2) is 5.89 Å². The molecule has 0 bridgehead atoms. The molecule has 2 aromatic heterocycles. The van der Waals surface area contributed by atoms with Crippen LogP contribution in [0.2, 0.25) is 0 Å². The third kappa shape index (κ3) is 3.74. The second-order valence-electron chi connectivity index (χ2n) is 7.01. The van der Waals surface area contributed by atoms with Crippen LogP contribution in [0.5, 0.6) is 11.6 Å². The van der Waals surface area contributed by atoms with Crippen LogP contribution in [0.1, 0.15) is 46.0 Å². The summed E-state index contributed by atoms with van der Waals surface area (Å²) >= 11 is 0. The van der Waals surface area contributed by atoms with Gasteiger partial charge in [-0.25, -0.2) is 9.97 Å². The summed E-state index contributed by atoms with van der Waals surface area (Å²) in [6.45, 7) is 6.63. The van der Waals surface area contributed by atoms with Gasteiger partial charge >= 0.3 is 0 Å². The van der Waals surface area contributed by atoms with E-state index in [1.54, 1.807) is 18.7 Å². The van der Waals surface area contributed by atoms with Crippen molar-refractivity contribution in [1.82, 2.24) is 19.9 Å². The van der Waals surface area contributed by atoms with Gasteiger partial charge in [-0.1, -0.05) is 18.2 Å². The number of likely N-dealkylation sites (tertiary alicyclic amines) is 1. The van der Waals surface area contributed by atoms with Gasteiger partial charge in [0.05, 0.1) is 5.69 Å². The molecule has 3 aromatic rings. The maximum absolute atomic E-state index is 12.8. The van der Waals surface area contributed by atoms with Gasteiger partial charge in [0, 0.05) is 37.7 Å². The molecule has 4 rings (SSSR count). The van der Waals surface area contributed by atoms with Crippen molar-refractivity contribution in [3.8, 4) is 11.6 Å². The molecule has 0 aliphatic carbocycles. The number of aryl methyl sites for hydroxylation is 3. The van der Waals surface area contributed by atoms with E-state index in [2.05, 4.69) is 15.0 Å². The zero-order valence-electron chi connectivity index (χ0n) is 16.2. The molecule has 1 atom stereocenters. The topological polar surface area (TPSA) is 81.4 Å². The fourth-order valence-corrected chi connectivity index (χ4v) is 3.43. The second-order valence-corrected chi connectivity index (χ2v) is 7.01. The van der Waals surface area contributed by atoms with E-state index in [4.69, 9.17) is 9.15 Å². The van der Waals surface area contributed by atoms with E-state index < -0.39 is 0 Å². The number of rotatable bonds is 4. The summed E-state index contributed by atoms with van der Waals surface area (Å²) in [5.41, 5.74) is 1.46. The number of para-hydroxylation sites is 1. The summed E-state index contributed by atoms with van der Waals surface area (Å²) < 4.78 is 11.3. The largest absolute Gasteiger partial charge is 0.439 e. The molecule has 144 valence electrons. The maximum atomic E-state index is 12.8. The third-order valence-electron chi connectivity index (χ3n) is 4.75. The third-order valence-corrected chi connectivity index (χ3v) is 4.75. The van der Waals surface area contributed by atoms with Gasteiger partial charge in [-0.05, 0) is 32.4 Å². The molecule has 7 heteroatoms. The van der Waals surface area contributed by atoms with Crippen LogP contribution in [0, 0.1) is 20.8 Å². The van der Waals surface area contributed by atoms with E-state index >= 15 is 0 Å². The Hall–Kier alpha value is -3.22. The van der Waals surface area contributed by atoms with E-state index in [1.807, 2.05) is 43.3 Å². The molecule has 1 aliphatic rings. The van der Waals surface area contributed by atoms with Crippen LogP contribution < -0.4 is 4.74 Å². The van der Waals surface area contributed by atoms with Crippen molar-refractivity contribution in [1.29, 1.82) is 0 Å². The standard InChI is InChI=1S/C21H22N4O3/c1-13-11-18(28-17-7-5-4-6-8-17)24-20(22-13)16-9-10-25(12-16)21(26)19-14(2)23-15(3)27-19/h4-8,11,16H,9-10,12H2,1-3H3. The number of aromatic nitrogens is 3. The van der Waals surface area contributed by atoms with Crippen molar-refractivity contribution in [3.05, 3.63) is 65.3 Å². The number of hydrogen-bond donors (Lipinski definition) is 0. The quantitative estimate of drug-likeness (QED) is 0.687. The monoisotopic (exact) mass is 378 g/mol. The Labute approximate surface area is 163 Å². The lowest BCUT2D eigenvalue weighted by Crippen LogP contribution is -2.28. The molecule has 0 N–H and O–H groups in total. The van der Waals surface area contributed by atoms with E-state index in [9.17, 15) is 4.79 Å². The molecule has 1 amide bonds. The molecule has 1 aliphatic heterocycles. The van der Waals surface area contributed by atoms with Gasteiger partial charge in [0.1, 0.15) is 11.6 Å². The van der Waals surface area contributed by atoms with Gasteiger partial charge in [-0.15, -0.1) is 0 Å². The van der Waals surface area contributed by atoms with E-state index in [1.165, 1.54) is 0 Å². The number of nitrogens with zero attached hydrogens (tertiary/aromatic N) is 4. The average molecular weight is 378 g/mol. The minimum Gasteiger partial charge on any atom is -0.439 e. The Kier molecular flexibility index (Phi) is 4.81. The normalized spacial score (nSPS) is 16.4. The number of ether oxygens (including phenoxy) is 1. The molecule has 1 saturated heterocycles. The van der Waals surface area contributed by atoms with Crippen LogP contribution in [0.25, 0.3) is 0 Å². The van der Waals surface area contributed by atoms with Crippen molar-refractivity contribution < 1.29 is 13.9 Å². The number of hydrogen-bond acceptors (Lipinski definition) is 6. The van der Waals surface area contributed by atoms with Crippen LogP contribution >= 0.6 is 0 Å². The second kappa shape index (κ2) is 7.42. The molecule has 1 unspecified atom stereocenters. The van der Waals surface area contributed by atoms with Crippen LogP contribution in [0.15, 0.2) is 40.8 Å². The number of oxazole rings is 1. The number of carbonyl (C=O) groups is 1. The highest BCUT2D eigenvalue weighted by molar-refractivity contribution is 5.92. The van der Waals surface area contributed by atoms with E-state index in [0.717, 1.165) is 17.9 Å². The Morgan fingerprint density at radius 1 is 1.14 bits per heavy atom. The molecular weight excluding hydrogens is 356 g/mol. The van der Waals surface area contributed by atoms with E-state index in [0.29, 0.717) is 42.1 Å². The van der Waals surface area contributed by atoms with Crippen LogP contribution in [0.3, 0.4) is 0 Å². The van der Waals surface area contributed by atoms with E-state index in [-0.39, 0.29) is 11.8 Å². The van der Waals surface area contributed by atoms with Gasteiger partial charge in [-0.3, -0.25) is 4.79 Å². The molecule has 0 spiro atoms. The summed E-state index contributed by atoms with van der Waals surface area (Å²) in [6, 6.07) is 11.3. The van der Waals surface area contributed by atoms with Crippen molar-refractivity contribution in [2.45, 2.75) is 33.1 Å². The molecule has 7 nitrogen and oxygen atoms in total. The number of amides is 1. The SMILES string of the molecule is Cc1cc(Oc2ccccc2)nc(C2CCN(C(=O)c3oc(C)nc3C)C2)n1. The summed E-state index contributed by atoms with van der Waals surface area (Å²) in [5.74, 6) is 2.69. The van der Waals surface area contributed by atoms with Gasteiger partial charge in [0.25, 0.3) is 5.91 Å². The van der Waals surface area contributed by atoms with Crippen molar-refractivity contribution in [2.24, 2.45) is 0 Å². The fraction of sp³-hybridized carbons (Fsp3) is 0.333. The number of benzene rings is 1. The highest BCUT2D eigenvalue weighted by Gasteiger charge is 2.32. The van der Waals surface area contributed by atoms with Crippen molar-refractivity contribution in [2.75, 3.05) is 13.1 Å². The molecule has 0 saturated carbocycles. The smallest absolute Gasteiger partial charge is 0.291 e. The summed E-state index contributed by atoms with van der Waals surface area (Å²) in [7, 11) is 0. The molecular formula is C21H22N4O3. The molecule has 28 heavy (non-hydrogen) atoms. The van der Waals surface area contributed by atoms with Crippen LogP contribution in [-0.2, 0) is 0 Å². The average Bonchev–Trinajstić information content (AvgIpc) is 3.28. The summed E-state index contributed by atoms with van der Waals surface area (Å²) in [4.78, 5) is 27.9. The predicted molar refractivity (Wildman–Crippen MR) is 103 cm³/mol. The minimum atomic E-state index is -0.131. The number of carbonyl (C=O) groups excluding carboxylic acids is 1. The maximum Gasteiger partial charge on any atom is 0.291 e. The molecule has 1 fully saturated rings. The zero-order chi connectivity index (χ0) is 19.7. The molecule has 0 radical (unpaired) electrons. The van der Waals surface area contributed by atoms with Crippen LogP contribution in [0.4, 0.5) is 0 Å². The first-order valence-corrected chi connectivity index (χ1v) is 9.31. The first kappa shape index (κ1) is 18.2. The van der Waals surface area contributed by atoms with Crippen molar-refractivity contribution in [3.63, 3.8) is 0 Å². The van der Waals surface area contributed by atoms with Gasteiger partial charge in [0.2, 0.25) is 11.6 Å². The summed E-state index contributed by atoms with van der Waals surface area (Å²) in [6.07, 6.45) is 0.798. The van der Waals surface area contributed by atoms with Gasteiger partial charge in [-0.2, -0.15) is 4.98 Å². The first-order valence-electron chi connectivity index (χ1n) is 9.31. The lowest BCUT2D eigenvalue weighted by molar-refractivity contribution is 0.0756. The van der Waals surface area contributed by atoms with Crippen LogP contribution in [-0.4, -0.2) is 38.8 Å². The lowest BCUT2D eigenvalue weighted by Gasteiger charge is -2.15. The Morgan fingerprint density at radius 3 is 2.64 bits per heavy atom. The van der Waals surface area contributed by atoms with Crippen molar-refractivity contribution >= 4 is 5.91 Å². The summed E-state index contributed by atoms with van der Waals surface area (Å²) in [5, 5.41) is 0. The molecule has 3 heterocycles. The fourth-order valence-electron chi connectivity index (χ4n) is 3.43. The van der Waals surface area contributed by atoms with Gasteiger partial charge < -0.3 is 14.1 Å². The molecule has 1 aromatic carbocycles. The Bertz CT molecular complexity index is 1000. The minimum absolute atomic E-state index is 0.0614. The highest BCUT2D eigenvalue weighted by atomic mass is 16.5. The Balaban J connectivity index is 1.51. The first-order chi connectivity index (χ1) is 13.5. The highest BCUT2D eigenvalue weighted by Crippen LogP contribution is 2.29.